The number of nitrogens with zero attached hydrogens (tertiary/aromatic N) is 1. The zero-order valence-corrected chi connectivity index (χ0v) is 14.1. The summed E-state index contributed by atoms with van der Waals surface area (Å²) in [6, 6.07) is 2.56. The van der Waals surface area contributed by atoms with E-state index in [1.54, 1.807) is 12.5 Å². The van der Waals surface area contributed by atoms with E-state index in [9.17, 15) is 4.79 Å². The van der Waals surface area contributed by atoms with E-state index in [2.05, 4.69) is 12.2 Å². The summed E-state index contributed by atoms with van der Waals surface area (Å²) in [7, 11) is 0. The fourth-order valence-corrected chi connectivity index (χ4v) is 2.82. The molecular formula is C17H28N2O3. The molecule has 124 valence electrons. The predicted octanol–water partition coefficient (Wildman–Crippen LogP) is 3.55. The van der Waals surface area contributed by atoms with Crippen molar-refractivity contribution < 1.29 is 13.9 Å². The first-order valence-corrected chi connectivity index (χ1v) is 8.09. The number of amides is 1. The third-order valence-electron chi connectivity index (χ3n) is 3.87. The van der Waals surface area contributed by atoms with Gasteiger partial charge in [-0.15, -0.1) is 0 Å². The minimum atomic E-state index is -0.435. The highest BCUT2D eigenvalue weighted by molar-refractivity contribution is 5.68. The second-order valence-electron chi connectivity index (χ2n) is 7.12. The van der Waals surface area contributed by atoms with Crippen LogP contribution < -0.4 is 5.32 Å². The van der Waals surface area contributed by atoms with Crippen LogP contribution in [0, 0.1) is 0 Å². The number of carbonyl (C=O) groups is 1. The molecule has 1 aliphatic rings. The molecule has 1 aliphatic heterocycles. The van der Waals surface area contributed by atoms with Gasteiger partial charge in [0, 0.05) is 30.7 Å². The second kappa shape index (κ2) is 7.18. The van der Waals surface area contributed by atoms with Crippen LogP contribution in [0.3, 0.4) is 0 Å². The molecule has 22 heavy (non-hydrogen) atoms. The number of hydrogen-bond donors (Lipinski definition) is 1. The molecule has 2 atom stereocenters. The third kappa shape index (κ3) is 5.05. The van der Waals surface area contributed by atoms with Crippen LogP contribution in [0.5, 0.6) is 0 Å². The van der Waals surface area contributed by atoms with Crippen molar-refractivity contribution in [2.24, 2.45) is 0 Å². The Morgan fingerprint density at radius 2 is 2.32 bits per heavy atom. The molecule has 1 saturated heterocycles. The number of hydrogen-bond acceptors (Lipinski definition) is 4. The molecule has 0 radical (unpaired) electrons. The molecule has 0 spiro atoms. The van der Waals surface area contributed by atoms with Crippen LogP contribution in [-0.2, 0) is 11.3 Å². The third-order valence-corrected chi connectivity index (χ3v) is 3.87. The van der Waals surface area contributed by atoms with Crippen molar-refractivity contribution >= 4 is 6.09 Å². The van der Waals surface area contributed by atoms with Gasteiger partial charge in [-0.3, -0.25) is 0 Å². The molecule has 5 nitrogen and oxygen atoms in total. The number of ether oxygens (including phenoxy) is 1. The fraction of sp³-hybridized carbons (Fsp3) is 0.706. The summed E-state index contributed by atoms with van der Waals surface area (Å²) in [5, 5.41) is 3.48. The molecule has 0 saturated carbocycles. The monoisotopic (exact) mass is 308 g/mol. The number of carbonyl (C=O) groups excluding carboxylic acids is 1. The Hall–Kier alpha value is -1.49. The average molecular weight is 308 g/mol. The van der Waals surface area contributed by atoms with Crippen LogP contribution in [0.1, 0.15) is 52.5 Å². The molecule has 2 rings (SSSR count). The Bertz CT molecular complexity index is 465. The Morgan fingerprint density at radius 3 is 2.95 bits per heavy atom. The normalized spacial score (nSPS) is 20.2. The highest BCUT2D eigenvalue weighted by Crippen LogP contribution is 2.24. The van der Waals surface area contributed by atoms with Gasteiger partial charge in [0.2, 0.25) is 0 Å². The summed E-state index contributed by atoms with van der Waals surface area (Å²) < 4.78 is 10.6. The van der Waals surface area contributed by atoms with Crippen molar-refractivity contribution in [2.45, 2.75) is 71.2 Å². The van der Waals surface area contributed by atoms with Gasteiger partial charge in [0.25, 0.3) is 0 Å². The second-order valence-corrected chi connectivity index (χ2v) is 7.12. The maximum absolute atomic E-state index is 12.3. The predicted molar refractivity (Wildman–Crippen MR) is 85.6 cm³/mol. The van der Waals surface area contributed by atoms with Gasteiger partial charge in [0.1, 0.15) is 5.60 Å². The minimum Gasteiger partial charge on any atom is -0.472 e. The van der Waals surface area contributed by atoms with Crippen LogP contribution in [0.15, 0.2) is 23.0 Å². The molecule has 1 aromatic heterocycles. The zero-order chi connectivity index (χ0) is 16.2. The van der Waals surface area contributed by atoms with E-state index in [4.69, 9.17) is 9.15 Å². The highest BCUT2D eigenvalue weighted by atomic mass is 16.6. The average Bonchev–Trinajstić information content (AvgIpc) is 3.05. The van der Waals surface area contributed by atoms with Crippen LogP contribution >= 0.6 is 0 Å². The van der Waals surface area contributed by atoms with Crippen molar-refractivity contribution in [3.05, 3.63) is 24.2 Å². The largest absolute Gasteiger partial charge is 0.472 e. The fourth-order valence-electron chi connectivity index (χ4n) is 2.82. The Kier molecular flexibility index (Phi) is 5.51. The van der Waals surface area contributed by atoms with Gasteiger partial charge in [-0.25, -0.2) is 4.79 Å². The molecule has 1 N–H and O–H groups in total. The van der Waals surface area contributed by atoms with Crippen molar-refractivity contribution in [3.63, 3.8) is 0 Å². The van der Waals surface area contributed by atoms with Gasteiger partial charge < -0.3 is 19.4 Å². The number of likely N-dealkylation sites (tertiary alicyclic amines) is 1. The molecule has 2 heterocycles. The van der Waals surface area contributed by atoms with Crippen LogP contribution in [0.4, 0.5) is 4.79 Å². The molecule has 0 aromatic carbocycles. The van der Waals surface area contributed by atoms with E-state index >= 15 is 0 Å². The summed E-state index contributed by atoms with van der Waals surface area (Å²) in [4.78, 5) is 14.2. The first-order chi connectivity index (χ1) is 10.3. The van der Waals surface area contributed by atoms with Gasteiger partial charge in [-0.1, -0.05) is 0 Å². The van der Waals surface area contributed by atoms with Crippen LogP contribution in [-0.4, -0.2) is 35.2 Å². The molecule has 2 unspecified atom stereocenters. The maximum Gasteiger partial charge on any atom is 0.410 e. The summed E-state index contributed by atoms with van der Waals surface area (Å²) in [6.45, 7) is 9.47. The SMILES string of the molecule is CC(CC1CCCN1C(=O)OC(C)(C)C)NCc1ccoc1. The van der Waals surface area contributed by atoms with Crippen molar-refractivity contribution in [1.82, 2.24) is 10.2 Å². The van der Waals surface area contributed by atoms with E-state index < -0.39 is 5.60 Å². The lowest BCUT2D eigenvalue weighted by atomic mass is 10.1. The lowest BCUT2D eigenvalue weighted by Crippen LogP contribution is -2.42. The summed E-state index contributed by atoms with van der Waals surface area (Å²) in [5.74, 6) is 0. The van der Waals surface area contributed by atoms with E-state index in [0.717, 1.165) is 37.9 Å². The molecule has 5 heteroatoms. The topological polar surface area (TPSA) is 54.7 Å². The van der Waals surface area contributed by atoms with E-state index in [-0.39, 0.29) is 12.1 Å². The summed E-state index contributed by atoms with van der Waals surface area (Å²) >= 11 is 0. The van der Waals surface area contributed by atoms with E-state index in [0.29, 0.717) is 6.04 Å². The number of nitrogens with one attached hydrogen (secondary N) is 1. The Balaban J connectivity index is 1.81. The van der Waals surface area contributed by atoms with Crippen molar-refractivity contribution in [2.75, 3.05) is 6.54 Å². The van der Waals surface area contributed by atoms with Gasteiger partial charge in [-0.05, 0) is 53.0 Å². The first-order valence-electron chi connectivity index (χ1n) is 8.09. The Labute approximate surface area is 133 Å². The maximum atomic E-state index is 12.3. The van der Waals surface area contributed by atoms with Crippen LogP contribution in [0.25, 0.3) is 0 Å². The zero-order valence-electron chi connectivity index (χ0n) is 14.1. The smallest absolute Gasteiger partial charge is 0.410 e. The summed E-state index contributed by atoms with van der Waals surface area (Å²) in [5.41, 5.74) is 0.706. The van der Waals surface area contributed by atoms with Crippen molar-refractivity contribution in [3.8, 4) is 0 Å². The number of furan rings is 1. The lowest BCUT2D eigenvalue weighted by Gasteiger charge is -2.30. The van der Waals surface area contributed by atoms with E-state index in [1.165, 1.54) is 0 Å². The highest BCUT2D eigenvalue weighted by Gasteiger charge is 2.32. The van der Waals surface area contributed by atoms with Gasteiger partial charge in [0.05, 0.1) is 12.5 Å². The molecule has 0 aliphatic carbocycles. The first kappa shape index (κ1) is 16.9. The summed E-state index contributed by atoms with van der Waals surface area (Å²) in [6.07, 6.45) is 6.30. The molecular weight excluding hydrogens is 280 g/mol. The Morgan fingerprint density at radius 1 is 1.55 bits per heavy atom. The van der Waals surface area contributed by atoms with Gasteiger partial charge in [-0.2, -0.15) is 0 Å². The standard InChI is InChI=1S/C17H28N2O3/c1-13(18-11-14-7-9-21-12-14)10-15-6-5-8-19(15)16(20)22-17(2,3)4/h7,9,12-13,15,18H,5-6,8,10-11H2,1-4H3. The molecule has 1 amide bonds. The molecule has 1 aromatic rings. The van der Waals surface area contributed by atoms with E-state index in [1.807, 2.05) is 31.7 Å². The quantitative estimate of drug-likeness (QED) is 0.904. The molecule has 1 fully saturated rings. The minimum absolute atomic E-state index is 0.183. The van der Waals surface area contributed by atoms with Crippen LogP contribution in [0.2, 0.25) is 0 Å². The molecule has 0 bridgehead atoms. The van der Waals surface area contributed by atoms with Gasteiger partial charge >= 0.3 is 6.09 Å². The lowest BCUT2D eigenvalue weighted by molar-refractivity contribution is 0.0214. The van der Waals surface area contributed by atoms with Crippen molar-refractivity contribution in [1.29, 1.82) is 0 Å². The van der Waals surface area contributed by atoms with Gasteiger partial charge in [0.15, 0.2) is 0 Å². The number of rotatable bonds is 5.